The smallest absolute Gasteiger partial charge is 0.321 e. The molecule has 3 N–H and O–H groups in total. The molecular formula is C15H24ClN3O3. The van der Waals surface area contributed by atoms with Crippen LogP contribution in [0.4, 0.5) is 10.5 Å². The van der Waals surface area contributed by atoms with Gasteiger partial charge in [-0.1, -0.05) is 25.4 Å². The lowest BCUT2D eigenvalue weighted by Crippen LogP contribution is -2.35. The molecule has 0 radical (unpaired) electrons. The maximum Gasteiger partial charge on any atom is 0.321 e. The second-order valence-electron chi connectivity index (χ2n) is 5.50. The van der Waals surface area contributed by atoms with Crippen LogP contribution in [0.25, 0.3) is 0 Å². The van der Waals surface area contributed by atoms with Gasteiger partial charge in [-0.25, -0.2) is 4.79 Å². The molecule has 1 aromatic carbocycles. The molecule has 1 atom stereocenters. The van der Waals surface area contributed by atoms with Crippen LogP contribution in [0.15, 0.2) is 18.2 Å². The number of ether oxygens (including phenoxy) is 1. The van der Waals surface area contributed by atoms with E-state index in [-0.39, 0.29) is 12.6 Å². The van der Waals surface area contributed by atoms with E-state index in [0.29, 0.717) is 29.0 Å². The van der Waals surface area contributed by atoms with E-state index < -0.39 is 6.10 Å². The first kappa shape index (κ1) is 18.5. The maximum atomic E-state index is 11.6. The molecule has 0 saturated heterocycles. The van der Waals surface area contributed by atoms with Gasteiger partial charge < -0.3 is 25.4 Å². The summed E-state index contributed by atoms with van der Waals surface area (Å²) < 4.78 is 5.49. The lowest BCUT2D eigenvalue weighted by atomic mass is 10.3. The molecule has 22 heavy (non-hydrogen) atoms. The molecule has 6 nitrogen and oxygen atoms in total. The van der Waals surface area contributed by atoms with Gasteiger partial charge in [0.15, 0.2) is 0 Å². The van der Waals surface area contributed by atoms with Gasteiger partial charge in [0.1, 0.15) is 18.5 Å². The molecule has 0 bridgehead atoms. The summed E-state index contributed by atoms with van der Waals surface area (Å²) in [6.45, 7) is 4.60. The average Bonchev–Trinajstić information content (AvgIpc) is 2.44. The molecule has 0 aliphatic rings. The highest BCUT2D eigenvalue weighted by Gasteiger charge is 2.10. The third kappa shape index (κ3) is 6.51. The number of nitrogens with zero attached hydrogens (tertiary/aromatic N) is 1. The largest absolute Gasteiger partial charge is 0.489 e. The van der Waals surface area contributed by atoms with E-state index in [1.165, 1.54) is 4.90 Å². The Morgan fingerprint density at radius 3 is 2.64 bits per heavy atom. The van der Waals surface area contributed by atoms with E-state index >= 15 is 0 Å². The van der Waals surface area contributed by atoms with Crippen molar-refractivity contribution in [1.29, 1.82) is 0 Å². The molecule has 124 valence electrons. The van der Waals surface area contributed by atoms with Crippen molar-refractivity contribution in [2.24, 2.45) is 0 Å². The van der Waals surface area contributed by atoms with Crippen molar-refractivity contribution in [1.82, 2.24) is 10.2 Å². The van der Waals surface area contributed by atoms with E-state index in [2.05, 4.69) is 10.6 Å². The first-order chi connectivity index (χ1) is 10.3. The fraction of sp³-hybridized carbons (Fsp3) is 0.533. The van der Waals surface area contributed by atoms with Crippen molar-refractivity contribution in [3.8, 4) is 5.75 Å². The van der Waals surface area contributed by atoms with Crippen LogP contribution in [0.1, 0.15) is 13.8 Å². The van der Waals surface area contributed by atoms with Crippen LogP contribution in [0.5, 0.6) is 5.75 Å². The van der Waals surface area contributed by atoms with Crippen LogP contribution in [0.2, 0.25) is 5.02 Å². The van der Waals surface area contributed by atoms with Crippen molar-refractivity contribution in [2.75, 3.05) is 32.6 Å². The molecule has 2 amide bonds. The second kappa shape index (κ2) is 8.82. The number of carbonyl (C=O) groups is 1. The van der Waals surface area contributed by atoms with E-state index in [1.807, 2.05) is 13.8 Å². The van der Waals surface area contributed by atoms with Crippen molar-refractivity contribution in [2.45, 2.75) is 26.0 Å². The van der Waals surface area contributed by atoms with Gasteiger partial charge in [-0.15, -0.1) is 0 Å². The van der Waals surface area contributed by atoms with Gasteiger partial charge in [0.2, 0.25) is 0 Å². The van der Waals surface area contributed by atoms with Gasteiger partial charge in [0, 0.05) is 32.4 Å². The molecule has 0 spiro atoms. The zero-order valence-electron chi connectivity index (χ0n) is 13.4. The first-order valence-electron chi connectivity index (χ1n) is 7.11. The van der Waals surface area contributed by atoms with E-state index in [0.717, 1.165) is 0 Å². The summed E-state index contributed by atoms with van der Waals surface area (Å²) in [5.74, 6) is 0.466. The quantitative estimate of drug-likeness (QED) is 0.717. The minimum Gasteiger partial charge on any atom is -0.489 e. The number of hydrogen-bond donors (Lipinski definition) is 3. The van der Waals surface area contributed by atoms with Crippen molar-refractivity contribution in [3.63, 3.8) is 0 Å². The maximum absolute atomic E-state index is 11.6. The van der Waals surface area contributed by atoms with Crippen LogP contribution in [-0.4, -0.2) is 55.4 Å². The molecule has 1 rings (SSSR count). The molecule has 0 aromatic heterocycles. The number of anilines is 1. The van der Waals surface area contributed by atoms with E-state index in [4.69, 9.17) is 16.3 Å². The Morgan fingerprint density at radius 2 is 2.09 bits per heavy atom. The number of aliphatic hydroxyl groups excluding tert-OH is 1. The lowest BCUT2D eigenvalue weighted by molar-refractivity contribution is 0.105. The number of carbonyl (C=O) groups excluding carboxylic acids is 1. The number of halogens is 1. The van der Waals surface area contributed by atoms with E-state index in [9.17, 15) is 9.90 Å². The van der Waals surface area contributed by atoms with Crippen LogP contribution >= 0.6 is 11.6 Å². The Labute approximate surface area is 136 Å². The van der Waals surface area contributed by atoms with Gasteiger partial charge in [-0.05, 0) is 18.2 Å². The number of hydrogen-bond acceptors (Lipinski definition) is 4. The van der Waals surface area contributed by atoms with Crippen molar-refractivity contribution >= 4 is 23.3 Å². The fourth-order valence-corrected chi connectivity index (χ4v) is 1.78. The highest BCUT2D eigenvalue weighted by Crippen LogP contribution is 2.27. The topological polar surface area (TPSA) is 73.8 Å². The normalized spacial score (nSPS) is 12.1. The molecule has 0 saturated carbocycles. The Kier molecular flexibility index (Phi) is 7.44. The number of rotatable bonds is 7. The van der Waals surface area contributed by atoms with Gasteiger partial charge in [0.05, 0.1) is 5.02 Å². The van der Waals surface area contributed by atoms with Gasteiger partial charge in [0.25, 0.3) is 0 Å². The minimum absolute atomic E-state index is 0.142. The van der Waals surface area contributed by atoms with Crippen molar-refractivity contribution in [3.05, 3.63) is 23.2 Å². The molecule has 1 aromatic rings. The van der Waals surface area contributed by atoms with Gasteiger partial charge in [-0.2, -0.15) is 0 Å². The molecule has 1 unspecified atom stereocenters. The fourth-order valence-electron chi connectivity index (χ4n) is 1.55. The van der Waals surface area contributed by atoms with Crippen LogP contribution in [-0.2, 0) is 0 Å². The standard InChI is InChI=1S/C15H24ClN3O3/c1-10(2)17-8-12(20)9-22-14-6-5-11(7-13(14)16)18-15(21)19(3)4/h5-7,10,12,17,20H,8-9H2,1-4H3,(H,18,21). The van der Waals surface area contributed by atoms with Crippen LogP contribution in [0.3, 0.4) is 0 Å². The highest BCUT2D eigenvalue weighted by atomic mass is 35.5. The summed E-state index contributed by atoms with van der Waals surface area (Å²) in [5.41, 5.74) is 0.582. The summed E-state index contributed by atoms with van der Waals surface area (Å²) in [6, 6.07) is 5.03. The summed E-state index contributed by atoms with van der Waals surface area (Å²) in [4.78, 5) is 13.0. The number of amides is 2. The summed E-state index contributed by atoms with van der Waals surface area (Å²) in [6.07, 6.45) is -0.619. The van der Waals surface area contributed by atoms with E-state index in [1.54, 1.807) is 32.3 Å². The second-order valence-corrected chi connectivity index (χ2v) is 5.90. The predicted octanol–water partition coefficient (Wildman–Crippen LogP) is 2.17. The zero-order chi connectivity index (χ0) is 16.7. The number of urea groups is 1. The lowest BCUT2D eigenvalue weighted by Gasteiger charge is -2.16. The number of aliphatic hydroxyl groups is 1. The zero-order valence-corrected chi connectivity index (χ0v) is 14.1. The van der Waals surface area contributed by atoms with Crippen molar-refractivity contribution < 1.29 is 14.6 Å². The Balaban J connectivity index is 2.53. The molecule has 7 heteroatoms. The third-order valence-electron chi connectivity index (χ3n) is 2.78. The minimum atomic E-state index is -0.619. The predicted molar refractivity (Wildman–Crippen MR) is 88.8 cm³/mol. The molecule has 0 aliphatic heterocycles. The SMILES string of the molecule is CC(C)NCC(O)COc1ccc(NC(=O)N(C)C)cc1Cl. The summed E-state index contributed by atoms with van der Waals surface area (Å²) in [7, 11) is 3.31. The Morgan fingerprint density at radius 1 is 1.41 bits per heavy atom. The Bertz CT molecular complexity index is 495. The molecule has 0 heterocycles. The molecular weight excluding hydrogens is 306 g/mol. The monoisotopic (exact) mass is 329 g/mol. The highest BCUT2D eigenvalue weighted by molar-refractivity contribution is 6.32. The Hall–Kier alpha value is -1.50. The van der Waals surface area contributed by atoms with Crippen LogP contribution < -0.4 is 15.4 Å². The summed E-state index contributed by atoms with van der Waals surface area (Å²) >= 11 is 6.12. The average molecular weight is 330 g/mol. The summed E-state index contributed by atoms with van der Waals surface area (Å²) in [5, 5.41) is 16.0. The molecule has 0 aliphatic carbocycles. The first-order valence-corrected chi connectivity index (χ1v) is 7.49. The third-order valence-corrected chi connectivity index (χ3v) is 3.08. The number of nitrogens with one attached hydrogen (secondary N) is 2. The van der Waals surface area contributed by atoms with Gasteiger partial charge in [-0.3, -0.25) is 0 Å². The number of benzene rings is 1. The van der Waals surface area contributed by atoms with Gasteiger partial charge >= 0.3 is 6.03 Å². The molecule has 0 fully saturated rings. The van der Waals surface area contributed by atoms with Crippen LogP contribution in [0, 0.1) is 0 Å².